The Kier molecular flexibility index (Phi) is 3.44. The van der Waals surface area contributed by atoms with Gasteiger partial charge in [0.05, 0.1) is 28.0 Å². The molecule has 3 aromatic rings. The summed E-state index contributed by atoms with van der Waals surface area (Å²) in [5.74, 6) is 0.315. The van der Waals surface area contributed by atoms with Crippen LogP contribution >= 0.6 is 0 Å². The first-order valence-corrected chi connectivity index (χ1v) is 6.62. The first-order valence-electron chi connectivity index (χ1n) is 6.62. The molecule has 0 unspecified atom stereocenters. The summed E-state index contributed by atoms with van der Waals surface area (Å²) in [6.45, 7) is 1.71. The molecule has 0 amide bonds. The third-order valence-corrected chi connectivity index (χ3v) is 3.23. The topological polar surface area (TPSA) is 37.8 Å². The molecule has 0 fully saturated rings. The Labute approximate surface area is 124 Å². The van der Waals surface area contributed by atoms with Crippen LogP contribution in [0.4, 0.5) is 24.7 Å². The molecule has 0 spiro atoms. The van der Waals surface area contributed by atoms with Crippen LogP contribution < -0.4 is 5.32 Å². The van der Waals surface area contributed by atoms with Gasteiger partial charge in [-0.2, -0.15) is 13.2 Å². The van der Waals surface area contributed by atoms with Gasteiger partial charge in [0.2, 0.25) is 0 Å². The monoisotopic (exact) mass is 303 g/mol. The summed E-state index contributed by atoms with van der Waals surface area (Å²) in [4.78, 5) is 8.71. The SMILES string of the molecule is Cc1nc2ccccc2nc1Nc1ccccc1C(F)(F)F. The minimum atomic E-state index is -4.43. The van der Waals surface area contributed by atoms with Crippen LogP contribution in [0.5, 0.6) is 0 Å². The van der Waals surface area contributed by atoms with Gasteiger partial charge in [-0.15, -0.1) is 0 Å². The molecule has 22 heavy (non-hydrogen) atoms. The van der Waals surface area contributed by atoms with Crippen molar-refractivity contribution < 1.29 is 13.2 Å². The summed E-state index contributed by atoms with van der Waals surface area (Å²) in [5, 5.41) is 2.75. The van der Waals surface area contributed by atoms with E-state index >= 15 is 0 Å². The number of alkyl halides is 3. The number of nitrogens with zero attached hydrogens (tertiary/aromatic N) is 2. The maximum atomic E-state index is 13.0. The number of hydrogen-bond acceptors (Lipinski definition) is 3. The Bertz CT molecular complexity index is 828. The Hall–Kier alpha value is -2.63. The van der Waals surface area contributed by atoms with Gasteiger partial charge >= 0.3 is 6.18 Å². The normalized spacial score (nSPS) is 11.6. The number of fused-ring (bicyclic) bond motifs is 1. The zero-order valence-corrected chi connectivity index (χ0v) is 11.6. The van der Waals surface area contributed by atoms with E-state index in [1.807, 2.05) is 12.1 Å². The lowest BCUT2D eigenvalue weighted by Gasteiger charge is -2.15. The average molecular weight is 303 g/mol. The van der Waals surface area contributed by atoms with Crippen LogP contribution in [-0.4, -0.2) is 9.97 Å². The number of nitrogens with one attached hydrogen (secondary N) is 1. The molecule has 0 saturated carbocycles. The summed E-state index contributed by atoms with van der Waals surface area (Å²) >= 11 is 0. The van der Waals surface area contributed by atoms with Gasteiger partial charge in [0.25, 0.3) is 0 Å². The number of anilines is 2. The fourth-order valence-corrected chi connectivity index (χ4v) is 2.17. The number of aromatic nitrogens is 2. The Balaban J connectivity index is 2.06. The number of para-hydroxylation sites is 3. The molecule has 0 aliphatic carbocycles. The van der Waals surface area contributed by atoms with E-state index in [4.69, 9.17) is 0 Å². The fourth-order valence-electron chi connectivity index (χ4n) is 2.17. The fraction of sp³-hybridized carbons (Fsp3) is 0.125. The minimum absolute atomic E-state index is 0.0392. The van der Waals surface area contributed by atoms with Crippen molar-refractivity contribution in [2.24, 2.45) is 0 Å². The smallest absolute Gasteiger partial charge is 0.338 e. The number of halogens is 3. The van der Waals surface area contributed by atoms with Crippen molar-refractivity contribution in [1.29, 1.82) is 0 Å². The predicted octanol–water partition coefficient (Wildman–Crippen LogP) is 4.70. The second-order valence-electron chi connectivity index (χ2n) is 4.81. The first-order chi connectivity index (χ1) is 10.4. The molecule has 3 rings (SSSR count). The lowest BCUT2D eigenvalue weighted by Crippen LogP contribution is -2.09. The van der Waals surface area contributed by atoms with Gasteiger partial charge < -0.3 is 5.32 Å². The highest BCUT2D eigenvalue weighted by Gasteiger charge is 2.33. The molecular formula is C16H12F3N3. The standard InChI is InChI=1S/C16H12F3N3/c1-10-15(22-14-9-5-4-8-13(14)20-10)21-12-7-3-2-6-11(12)16(17,18)19/h2-9H,1H3,(H,21,22). The molecular weight excluding hydrogens is 291 g/mol. The molecule has 0 radical (unpaired) electrons. The molecule has 6 heteroatoms. The van der Waals surface area contributed by atoms with E-state index in [0.29, 0.717) is 22.5 Å². The van der Waals surface area contributed by atoms with Crippen molar-refractivity contribution in [1.82, 2.24) is 9.97 Å². The minimum Gasteiger partial charge on any atom is -0.338 e. The number of rotatable bonds is 2. The van der Waals surface area contributed by atoms with Gasteiger partial charge in [-0.3, -0.25) is 0 Å². The van der Waals surface area contributed by atoms with E-state index < -0.39 is 11.7 Å². The zero-order chi connectivity index (χ0) is 15.7. The van der Waals surface area contributed by atoms with Gasteiger partial charge in [-0.05, 0) is 31.2 Å². The zero-order valence-electron chi connectivity index (χ0n) is 11.6. The molecule has 0 saturated heterocycles. The molecule has 0 atom stereocenters. The average Bonchev–Trinajstić information content (AvgIpc) is 2.47. The third kappa shape index (κ3) is 2.72. The highest BCUT2D eigenvalue weighted by Crippen LogP contribution is 2.36. The lowest BCUT2D eigenvalue weighted by atomic mass is 10.1. The molecule has 0 aliphatic heterocycles. The van der Waals surface area contributed by atoms with Crippen molar-refractivity contribution >= 4 is 22.5 Å². The van der Waals surface area contributed by atoms with Crippen molar-refractivity contribution in [3.8, 4) is 0 Å². The summed E-state index contributed by atoms with van der Waals surface area (Å²) < 4.78 is 39.1. The number of benzene rings is 2. The summed E-state index contributed by atoms with van der Waals surface area (Å²) in [6, 6.07) is 12.5. The van der Waals surface area contributed by atoms with Crippen LogP contribution in [0, 0.1) is 6.92 Å². The highest BCUT2D eigenvalue weighted by molar-refractivity contribution is 5.77. The number of hydrogen-bond donors (Lipinski definition) is 1. The van der Waals surface area contributed by atoms with Crippen LogP contribution in [0.25, 0.3) is 11.0 Å². The van der Waals surface area contributed by atoms with E-state index in [2.05, 4.69) is 15.3 Å². The Morgan fingerprint density at radius 3 is 2.14 bits per heavy atom. The Morgan fingerprint density at radius 2 is 1.45 bits per heavy atom. The Morgan fingerprint density at radius 1 is 0.864 bits per heavy atom. The second-order valence-corrected chi connectivity index (χ2v) is 4.81. The van der Waals surface area contributed by atoms with E-state index in [9.17, 15) is 13.2 Å². The summed E-state index contributed by atoms with van der Waals surface area (Å²) in [6.07, 6.45) is -4.43. The van der Waals surface area contributed by atoms with Crippen LogP contribution in [0.15, 0.2) is 48.5 Å². The van der Waals surface area contributed by atoms with Gasteiger partial charge in [0.1, 0.15) is 0 Å². The highest BCUT2D eigenvalue weighted by atomic mass is 19.4. The van der Waals surface area contributed by atoms with E-state index in [0.717, 1.165) is 6.07 Å². The third-order valence-electron chi connectivity index (χ3n) is 3.23. The van der Waals surface area contributed by atoms with Gasteiger partial charge in [-0.1, -0.05) is 24.3 Å². The van der Waals surface area contributed by atoms with Crippen molar-refractivity contribution in [2.75, 3.05) is 5.32 Å². The van der Waals surface area contributed by atoms with E-state index in [1.165, 1.54) is 12.1 Å². The quantitative estimate of drug-likeness (QED) is 0.745. The van der Waals surface area contributed by atoms with Crippen LogP contribution in [-0.2, 0) is 6.18 Å². The lowest BCUT2D eigenvalue weighted by molar-refractivity contribution is -0.136. The molecule has 1 aromatic heterocycles. The van der Waals surface area contributed by atoms with Crippen molar-refractivity contribution in [3.63, 3.8) is 0 Å². The van der Waals surface area contributed by atoms with Crippen LogP contribution in [0.2, 0.25) is 0 Å². The molecule has 0 aliphatic rings. The van der Waals surface area contributed by atoms with Crippen molar-refractivity contribution in [2.45, 2.75) is 13.1 Å². The number of aryl methyl sites for hydroxylation is 1. The molecule has 0 bridgehead atoms. The van der Waals surface area contributed by atoms with E-state index in [-0.39, 0.29) is 5.69 Å². The second kappa shape index (κ2) is 5.29. The van der Waals surface area contributed by atoms with Gasteiger partial charge in [0.15, 0.2) is 5.82 Å². The molecule has 3 nitrogen and oxygen atoms in total. The molecule has 1 heterocycles. The molecule has 1 N–H and O–H groups in total. The van der Waals surface area contributed by atoms with Crippen LogP contribution in [0.1, 0.15) is 11.3 Å². The first kappa shape index (κ1) is 14.3. The maximum Gasteiger partial charge on any atom is 0.418 e. The van der Waals surface area contributed by atoms with Gasteiger partial charge in [0, 0.05) is 0 Å². The molecule has 112 valence electrons. The largest absolute Gasteiger partial charge is 0.418 e. The summed E-state index contributed by atoms with van der Waals surface area (Å²) in [7, 11) is 0. The molecule has 2 aromatic carbocycles. The maximum absolute atomic E-state index is 13.0. The van der Waals surface area contributed by atoms with Crippen molar-refractivity contribution in [3.05, 3.63) is 59.8 Å². The van der Waals surface area contributed by atoms with E-state index in [1.54, 1.807) is 25.1 Å². The van der Waals surface area contributed by atoms with Crippen LogP contribution in [0.3, 0.4) is 0 Å². The van der Waals surface area contributed by atoms with Gasteiger partial charge in [-0.25, -0.2) is 9.97 Å². The predicted molar refractivity (Wildman–Crippen MR) is 79.0 cm³/mol. The summed E-state index contributed by atoms with van der Waals surface area (Å²) in [5.41, 5.74) is 1.09.